The molecule has 29 heavy (non-hydrogen) atoms. The van der Waals surface area contributed by atoms with Crippen molar-refractivity contribution >= 4 is 28.1 Å². The van der Waals surface area contributed by atoms with Gasteiger partial charge in [-0.05, 0) is 82.9 Å². The molecule has 0 fully saturated rings. The summed E-state index contributed by atoms with van der Waals surface area (Å²) in [6.07, 6.45) is 1.63. The number of aryl methyl sites for hydroxylation is 5. The normalized spacial score (nSPS) is 11.8. The summed E-state index contributed by atoms with van der Waals surface area (Å²) in [7, 11) is 0. The van der Waals surface area contributed by atoms with Crippen LogP contribution in [0.4, 0.5) is 5.69 Å². The molecule has 0 spiro atoms. The lowest BCUT2D eigenvalue weighted by atomic mass is 9.98. The molecule has 0 atom stereocenters. The highest BCUT2D eigenvalue weighted by Gasteiger charge is 2.19. The zero-order chi connectivity index (χ0) is 21.3. The molecule has 0 aliphatic carbocycles. The molecule has 4 heteroatoms. The zero-order valence-corrected chi connectivity index (χ0v) is 18.3. The van der Waals surface area contributed by atoms with Crippen molar-refractivity contribution < 1.29 is 13.9 Å². The van der Waals surface area contributed by atoms with E-state index in [4.69, 9.17) is 9.15 Å². The van der Waals surface area contributed by atoms with Crippen LogP contribution in [0.5, 0.6) is 5.75 Å². The second kappa shape index (κ2) is 8.16. The number of hydrogen-bond donors (Lipinski definition) is 1. The molecule has 1 aromatic heterocycles. The summed E-state index contributed by atoms with van der Waals surface area (Å²) in [4.78, 5) is 12.7. The highest BCUT2D eigenvalue weighted by molar-refractivity contribution is 6.05. The molecule has 3 aromatic rings. The molecular weight excluding hydrogens is 362 g/mol. The summed E-state index contributed by atoms with van der Waals surface area (Å²) >= 11 is 0. The van der Waals surface area contributed by atoms with Crippen LogP contribution in [0.3, 0.4) is 0 Å². The summed E-state index contributed by atoms with van der Waals surface area (Å²) in [5.41, 5.74) is 7.65. The Kier molecular flexibility index (Phi) is 5.83. The van der Waals surface area contributed by atoms with Gasteiger partial charge in [0, 0.05) is 28.3 Å². The number of allylic oxidation sites excluding steroid dienone is 1. The lowest BCUT2D eigenvalue weighted by Crippen LogP contribution is -2.10. The Morgan fingerprint density at radius 1 is 1.10 bits per heavy atom. The van der Waals surface area contributed by atoms with Crippen molar-refractivity contribution in [2.45, 2.75) is 48.5 Å². The first-order valence-electron chi connectivity index (χ1n) is 9.96. The molecule has 0 aliphatic rings. The van der Waals surface area contributed by atoms with Crippen molar-refractivity contribution in [3.8, 4) is 5.75 Å². The van der Waals surface area contributed by atoms with Crippen LogP contribution in [-0.2, 0) is 4.79 Å². The van der Waals surface area contributed by atoms with Gasteiger partial charge in [-0.1, -0.05) is 12.1 Å². The largest absolute Gasteiger partial charge is 0.493 e. The van der Waals surface area contributed by atoms with Gasteiger partial charge in [0.15, 0.2) is 0 Å². The quantitative estimate of drug-likeness (QED) is 0.511. The fraction of sp³-hybridized carbons (Fsp3) is 0.320. The van der Waals surface area contributed by atoms with Crippen LogP contribution in [0.1, 0.15) is 47.4 Å². The molecule has 0 saturated carbocycles. The highest BCUT2D eigenvalue weighted by Crippen LogP contribution is 2.38. The third-order valence-corrected chi connectivity index (χ3v) is 5.36. The molecule has 0 radical (unpaired) electrons. The van der Waals surface area contributed by atoms with E-state index in [1.807, 2.05) is 59.7 Å². The molecule has 1 amide bonds. The molecule has 2 aromatic carbocycles. The number of hydrogen-bond acceptors (Lipinski definition) is 3. The minimum atomic E-state index is -0.156. The third kappa shape index (κ3) is 4.07. The van der Waals surface area contributed by atoms with E-state index in [2.05, 4.69) is 18.3 Å². The second-order valence-electron chi connectivity index (χ2n) is 7.61. The van der Waals surface area contributed by atoms with Crippen molar-refractivity contribution in [3.05, 3.63) is 63.9 Å². The van der Waals surface area contributed by atoms with Gasteiger partial charge in [-0.25, -0.2) is 0 Å². The van der Waals surface area contributed by atoms with Crippen LogP contribution < -0.4 is 10.1 Å². The van der Waals surface area contributed by atoms with E-state index in [1.165, 1.54) is 0 Å². The Balaban J connectivity index is 2.03. The minimum Gasteiger partial charge on any atom is -0.493 e. The molecule has 0 bridgehead atoms. The predicted octanol–water partition coefficient (Wildman–Crippen LogP) is 6.42. The Morgan fingerprint density at radius 3 is 2.52 bits per heavy atom. The number of anilines is 1. The van der Waals surface area contributed by atoms with Crippen LogP contribution in [0, 0.1) is 34.6 Å². The molecule has 0 aliphatic heterocycles. The summed E-state index contributed by atoms with van der Waals surface area (Å²) in [6, 6.07) is 8.09. The Bertz CT molecular complexity index is 1120. The first-order chi connectivity index (χ1) is 13.7. The Labute approximate surface area is 172 Å². The SMILES string of the molecule is CCOc1c(/C(C)=C/C(=O)Nc2cc(C)ccc2C)cc2c(C)c(C)oc2c1C. The lowest BCUT2D eigenvalue weighted by Gasteiger charge is -2.15. The third-order valence-electron chi connectivity index (χ3n) is 5.36. The van der Waals surface area contributed by atoms with Crippen LogP contribution in [0.2, 0.25) is 0 Å². The first kappa shape index (κ1) is 20.7. The number of nitrogens with one attached hydrogen (secondary N) is 1. The monoisotopic (exact) mass is 391 g/mol. The van der Waals surface area contributed by atoms with Crippen LogP contribution in [0.25, 0.3) is 16.5 Å². The van der Waals surface area contributed by atoms with E-state index in [9.17, 15) is 4.79 Å². The minimum absolute atomic E-state index is 0.156. The Hall–Kier alpha value is -3.01. The van der Waals surface area contributed by atoms with Crippen LogP contribution in [-0.4, -0.2) is 12.5 Å². The molecule has 0 saturated heterocycles. The number of benzene rings is 2. The number of amides is 1. The zero-order valence-electron chi connectivity index (χ0n) is 18.3. The summed E-state index contributed by atoms with van der Waals surface area (Å²) in [5.74, 6) is 1.51. The summed E-state index contributed by atoms with van der Waals surface area (Å²) in [6.45, 7) is 14.5. The van der Waals surface area contributed by atoms with E-state index in [0.717, 1.165) is 61.6 Å². The van der Waals surface area contributed by atoms with Gasteiger partial charge >= 0.3 is 0 Å². The molecule has 152 valence electrons. The molecule has 1 N–H and O–H groups in total. The summed E-state index contributed by atoms with van der Waals surface area (Å²) in [5, 5.41) is 4.05. The maximum Gasteiger partial charge on any atom is 0.248 e. The van der Waals surface area contributed by atoms with Gasteiger partial charge in [0.1, 0.15) is 17.1 Å². The van der Waals surface area contributed by atoms with Crippen LogP contribution >= 0.6 is 0 Å². The van der Waals surface area contributed by atoms with Gasteiger partial charge in [0.05, 0.1) is 6.61 Å². The highest BCUT2D eigenvalue weighted by atomic mass is 16.5. The average molecular weight is 392 g/mol. The van der Waals surface area contributed by atoms with Gasteiger partial charge in [0.25, 0.3) is 0 Å². The van der Waals surface area contributed by atoms with Crippen molar-refractivity contribution in [2.24, 2.45) is 0 Å². The van der Waals surface area contributed by atoms with Gasteiger partial charge in [-0.3, -0.25) is 4.79 Å². The lowest BCUT2D eigenvalue weighted by molar-refractivity contribution is -0.111. The molecule has 4 nitrogen and oxygen atoms in total. The fourth-order valence-corrected chi connectivity index (χ4v) is 3.55. The molecule has 3 rings (SSSR count). The van der Waals surface area contributed by atoms with E-state index in [0.29, 0.717) is 6.61 Å². The number of rotatable bonds is 5. The van der Waals surface area contributed by atoms with Gasteiger partial charge < -0.3 is 14.5 Å². The summed E-state index contributed by atoms with van der Waals surface area (Å²) < 4.78 is 11.9. The van der Waals surface area contributed by atoms with Gasteiger partial charge in [-0.15, -0.1) is 0 Å². The van der Waals surface area contributed by atoms with E-state index >= 15 is 0 Å². The number of carbonyl (C=O) groups excluding carboxylic acids is 1. The predicted molar refractivity (Wildman–Crippen MR) is 120 cm³/mol. The van der Waals surface area contributed by atoms with Crippen molar-refractivity contribution in [1.82, 2.24) is 0 Å². The van der Waals surface area contributed by atoms with Gasteiger partial charge in [-0.2, -0.15) is 0 Å². The van der Waals surface area contributed by atoms with Gasteiger partial charge in [0.2, 0.25) is 5.91 Å². The number of carbonyl (C=O) groups is 1. The van der Waals surface area contributed by atoms with E-state index in [-0.39, 0.29) is 5.91 Å². The number of furan rings is 1. The molecular formula is C25H29NO3. The smallest absolute Gasteiger partial charge is 0.248 e. The molecule has 1 heterocycles. The maximum atomic E-state index is 12.7. The van der Waals surface area contributed by atoms with Crippen molar-refractivity contribution in [3.63, 3.8) is 0 Å². The van der Waals surface area contributed by atoms with Crippen LogP contribution in [0.15, 0.2) is 34.8 Å². The Morgan fingerprint density at radius 2 is 1.83 bits per heavy atom. The topological polar surface area (TPSA) is 51.5 Å². The second-order valence-corrected chi connectivity index (χ2v) is 7.61. The maximum absolute atomic E-state index is 12.7. The fourth-order valence-electron chi connectivity index (χ4n) is 3.55. The first-order valence-corrected chi connectivity index (χ1v) is 9.96. The van der Waals surface area contributed by atoms with Crippen molar-refractivity contribution in [1.29, 1.82) is 0 Å². The van der Waals surface area contributed by atoms with E-state index in [1.54, 1.807) is 6.08 Å². The number of ether oxygens (including phenoxy) is 1. The number of fused-ring (bicyclic) bond motifs is 1. The van der Waals surface area contributed by atoms with E-state index < -0.39 is 0 Å². The average Bonchev–Trinajstić information content (AvgIpc) is 2.95. The van der Waals surface area contributed by atoms with Crippen molar-refractivity contribution in [2.75, 3.05) is 11.9 Å². The standard InChI is InChI=1S/C25H29NO3/c1-8-28-24-18(6)25-21(17(5)19(7)29-25)13-20(24)16(4)12-23(27)26-22-11-14(2)9-10-15(22)3/h9-13H,8H2,1-7H3,(H,26,27)/b16-12+. The molecule has 0 unspecified atom stereocenters.